The number of pyridine rings is 2. The van der Waals surface area contributed by atoms with Crippen molar-refractivity contribution in [3.05, 3.63) is 86.0 Å². The highest BCUT2D eigenvalue weighted by molar-refractivity contribution is 9.10. The average molecular weight is 517 g/mol. The molecule has 0 spiro atoms. The number of ether oxygens (including phenoxy) is 1. The van der Waals surface area contributed by atoms with Crippen molar-refractivity contribution in [3.63, 3.8) is 0 Å². The van der Waals surface area contributed by atoms with E-state index in [1.807, 2.05) is 0 Å². The van der Waals surface area contributed by atoms with Crippen LogP contribution in [0.15, 0.2) is 52.0 Å². The molecule has 0 unspecified atom stereocenters. The van der Waals surface area contributed by atoms with E-state index in [0.717, 1.165) is 12.3 Å². The molecule has 3 aromatic heterocycles. The Bertz CT molecular complexity index is 1390. The molecule has 0 amide bonds. The van der Waals surface area contributed by atoms with Crippen LogP contribution in [0.1, 0.15) is 29.8 Å². The zero-order chi connectivity index (χ0) is 23.7. The molecule has 1 atom stereocenters. The molecule has 11 heteroatoms. The topological polar surface area (TPSA) is 112 Å². The molecule has 0 aliphatic rings. The van der Waals surface area contributed by atoms with Crippen LogP contribution in [0.5, 0.6) is 5.75 Å². The fraction of sp³-hybridized carbons (Fsp3) is 0.182. The van der Waals surface area contributed by atoms with Crippen LogP contribution in [0.4, 0.5) is 14.6 Å². The molecule has 0 fully saturated rings. The molecule has 1 aromatic carbocycles. The second kappa shape index (κ2) is 9.10. The Morgan fingerprint density at radius 2 is 2.00 bits per heavy atom. The zero-order valence-corrected chi connectivity index (χ0v) is 19.2. The molecule has 4 rings (SSSR count). The highest BCUT2D eigenvalue weighted by atomic mass is 79.9. The van der Waals surface area contributed by atoms with Gasteiger partial charge in [0.05, 0.1) is 5.69 Å². The van der Waals surface area contributed by atoms with Crippen molar-refractivity contribution < 1.29 is 13.5 Å². The lowest BCUT2D eigenvalue weighted by Crippen LogP contribution is -2.13. The monoisotopic (exact) mass is 516 g/mol. The number of benzene rings is 1. The van der Waals surface area contributed by atoms with Gasteiger partial charge in [0.15, 0.2) is 11.6 Å². The largest absolute Gasteiger partial charge is 0.482 e. The molecule has 4 aromatic rings. The van der Waals surface area contributed by atoms with Crippen molar-refractivity contribution in [3.8, 4) is 17.0 Å². The van der Waals surface area contributed by atoms with Gasteiger partial charge in [-0.05, 0) is 47.1 Å². The number of aryl methyl sites for hydroxylation is 1. The van der Waals surface area contributed by atoms with E-state index in [1.54, 1.807) is 32.3 Å². The van der Waals surface area contributed by atoms with Crippen molar-refractivity contribution in [1.82, 2.24) is 25.0 Å². The number of hydrogen-bond donors (Lipinski definition) is 2. The van der Waals surface area contributed by atoms with Gasteiger partial charge in [-0.25, -0.2) is 13.8 Å². The Kier molecular flexibility index (Phi) is 6.23. The van der Waals surface area contributed by atoms with E-state index in [0.29, 0.717) is 32.7 Å². The summed E-state index contributed by atoms with van der Waals surface area (Å²) in [6, 6.07) is 7.05. The van der Waals surface area contributed by atoms with Crippen LogP contribution in [0.3, 0.4) is 0 Å². The van der Waals surface area contributed by atoms with Gasteiger partial charge >= 0.3 is 0 Å². The normalized spacial score (nSPS) is 12.0. The molecule has 0 radical (unpaired) electrons. The summed E-state index contributed by atoms with van der Waals surface area (Å²) >= 11 is 3.33. The molecule has 0 saturated heterocycles. The summed E-state index contributed by atoms with van der Waals surface area (Å²) in [6.07, 6.45) is 1.97. The number of hydrogen-bond acceptors (Lipinski definition) is 6. The van der Waals surface area contributed by atoms with E-state index in [-0.39, 0.29) is 17.8 Å². The molecule has 3 heterocycles. The van der Waals surface area contributed by atoms with E-state index in [9.17, 15) is 13.6 Å². The van der Waals surface area contributed by atoms with Gasteiger partial charge in [-0.2, -0.15) is 15.0 Å². The molecule has 3 N–H and O–H groups in total. The number of anilines is 1. The maximum Gasteiger partial charge on any atom is 0.251 e. The summed E-state index contributed by atoms with van der Waals surface area (Å²) < 4.78 is 34.7. The molecular weight excluding hydrogens is 498 g/mol. The lowest BCUT2D eigenvalue weighted by molar-refractivity contribution is 0.228. The van der Waals surface area contributed by atoms with Crippen molar-refractivity contribution in [1.29, 1.82) is 0 Å². The number of nitrogen functional groups attached to an aromatic ring is 1. The summed E-state index contributed by atoms with van der Waals surface area (Å²) in [5.41, 5.74) is 7.44. The Morgan fingerprint density at radius 1 is 1.21 bits per heavy atom. The summed E-state index contributed by atoms with van der Waals surface area (Å²) in [7, 11) is 1.61. The van der Waals surface area contributed by atoms with Gasteiger partial charge in [0.2, 0.25) is 0 Å². The second-order valence-electron chi connectivity index (χ2n) is 7.36. The molecule has 0 aliphatic carbocycles. The van der Waals surface area contributed by atoms with Gasteiger partial charge < -0.3 is 15.5 Å². The number of halogens is 3. The van der Waals surface area contributed by atoms with Crippen molar-refractivity contribution in [2.75, 3.05) is 5.73 Å². The molecule has 8 nitrogen and oxygen atoms in total. The number of H-pyrrole nitrogens is 1. The van der Waals surface area contributed by atoms with Crippen molar-refractivity contribution in [2.45, 2.75) is 19.4 Å². The molecule has 0 aliphatic heterocycles. The van der Waals surface area contributed by atoms with Crippen LogP contribution in [0.2, 0.25) is 0 Å². The highest BCUT2D eigenvalue weighted by Crippen LogP contribution is 2.34. The summed E-state index contributed by atoms with van der Waals surface area (Å²) in [5, 5.41) is 8.71. The average Bonchev–Trinajstić information content (AvgIpc) is 3.13. The third-order valence-corrected chi connectivity index (χ3v) is 5.38. The first-order chi connectivity index (χ1) is 15.7. The Balaban J connectivity index is 1.76. The van der Waals surface area contributed by atoms with E-state index < -0.39 is 23.3 Å². The van der Waals surface area contributed by atoms with Crippen LogP contribution >= 0.6 is 15.9 Å². The van der Waals surface area contributed by atoms with Crippen molar-refractivity contribution >= 4 is 21.7 Å². The summed E-state index contributed by atoms with van der Waals surface area (Å²) in [5.74, 6) is -0.495. The fourth-order valence-electron chi connectivity index (χ4n) is 3.46. The number of nitrogens with zero attached hydrogens (tertiary/aromatic N) is 4. The predicted octanol–water partition coefficient (Wildman–Crippen LogP) is 3.92. The third kappa shape index (κ3) is 4.92. The number of aromatic nitrogens is 5. The van der Waals surface area contributed by atoms with Crippen LogP contribution in [0.25, 0.3) is 11.3 Å². The Morgan fingerprint density at radius 3 is 2.79 bits per heavy atom. The van der Waals surface area contributed by atoms with E-state index in [2.05, 4.69) is 36.1 Å². The van der Waals surface area contributed by atoms with Crippen molar-refractivity contribution in [2.24, 2.45) is 7.05 Å². The Labute approximate surface area is 195 Å². The minimum atomic E-state index is -0.580. The zero-order valence-electron chi connectivity index (χ0n) is 17.6. The standard InChI is InChI=1S/C22H19BrF2N6O2/c1-11(33-19-7-13(23)9-27-21(19)26)16-4-3-14(24)8-17(16)20-18(29-31(2)30-20)6-12-5-15(25)10-28-22(12)32/h3-5,7-11H,6H2,1-2H3,(H2,26,27)(H,28,32)/t11-/m1/s1. The SMILES string of the molecule is C[C@@H](Oc1cc(Br)cnc1N)c1ccc(F)cc1-c1nn(C)nc1Cc1cc(F)c[nH]c1=O. The fourth-order valence-corrected chi connectivity index (χ4v) is 3.77. The van der Waals surface area contributed by atoms with Gasteiger partial charge in [0.1, 0.15) is 23.4 Å². The minimum absolute atomic E-state index is 0.00393. The third-order valence-electron chi connectivity index (χ3n) is 4.95. The first-order valence-electron chi connectivity index (χ1n) is 9.86. The highest BCUT2D eigenvalue weighted by Gasteiger charge is 2.22. The summed E-state index contributed by atoms with van der Waals surface area (Å²) in [6.45, 7) is 1.78. The minimum Gasteiger partial charge on any atom is -0.482 e. The smallest absolute Gasteiger partial charge is 0.251 e. The number of aromatic amines is 1. The summed E-state index contributed by atoms with van der Waals surface area (Å²) in [4.78, 5) is 19.9. The maximum atomic E-state index is 14.3. The molecule has 33 heavy (non-hydrogen) atoms. The van der Waals surface area contributed by atoms with E-state index in [4.69, 9.17) is 10.5 Å². The molecule has 0 bridgehead atoms. The van der Waals surface area contributed by atoms with Gasteiger partial charge in [-0.1, -0.05) is 6.07 Å². The molecule has 0 saturated carbocycles. The van der Waals surface area contributed by atoms with Crippen LogP contribution < -0.4 is 16.0 Å². The van der Waals surface area contributed by atoms with Gasteiger partial charge in [0, 0.05) is 47.0 Å². The first kappa shape index (κ1) is 22.6. The van der Waals surface area contributed by atoms with Gasteiger partial charge in [-0.15, -0.1) is 0 Å². The van der Waals surface area contributed by atoms with Gasteiger partial charge in [0.25, 0.3) is 5.56 Å². The lowest BCUT2D eigenvalue weighted by Gasteiger charge is -2.19. The molecule has 170 valence electrons. The molecular formula is C22H19BrF2N6O2. The second-order valence-corrected chi connectivity index (χ2v) is 8.28. The van der Waals surface area contributed by atoms with Crippen LogP contribution in [0, 0.1) is 11.6 Å². The van der Waals surface area contributed by atoms with Crippen LogP contribution in [-0.4, -0.2) is 25.0 Å². The Hall–Kier alpha value is -3.60. The number of rotatable bonds is 6. The quantitative estimate of drug-likeness (QED) is 0.401. The lowest BCUT2D eigenvalue weighted by atomic mass is 9.97. The maximum absolute atomic E-state index is 14.3. The first-order valence-corrected chi connectivity index (χ1v) is 10.7. The van der Waals surface area contributed by atoms with E-state index in [1.165, 1.54) is 16.9 Å². The van der Waals surface area contributed by atoms with Crippen LogP contribution in [-0.2, 0) is 13.5 Å². The number of nitrogens with one attached hydrogen (secondary N) is 1. The van der Waals surface area contributed by atoms with E-state index >= 15 is 0 Å². The number of nitrogens with two attached hydrogens (primary N) is 1. The van der Waals surface area contributed by atoms with Gasteiger partial charge in [-0.3, -0.25) is 4.79 Å². The predicted molar refractivity (Wildman–Crippen MR) is 122 cm³/mol.